The fraction of sp³-hybridized carbons (Fsp3) is 0.0556. The smallest absolute Gasteiger partial charge is 0.209 e. The number of Topliss-reactive ketones (excluding diaryl/α,β-unsaturated/α-hetero) is 1. The molecule has 0 spiro atoms. The number of carbonyl (C=O) groups is 1. The summed E-state index contributed by atoms with van der Waals surface area (Å²) in [6.07, 6.45) is 1.11. The number of aromatic nitrogens is 1. The first-order chi connectivity index (χ1) is 10.3. The molecule has 0 fully saturated rings. The SMILES string of the molecule is O=C(c1ccccc1)C(Oc1ccccc1)c1ccc[nH]1. The Labute approximate surface area is 123 Å². The average molecular weight is 277 g/mol. The first-order valence-electron chi connectivity index (χ1n) is 6.79. The van der Waals surface area contributed by atoms with E-state index in [-0.39, 0.29) is 5.78 Å². The predicted molar refractivity (Wildman–Crippen MR) is 81.4 cm³/mol. The molecule has 0 aliphatic rings. The second kappa shape index (κ2) is 6.09. The van der Waals surface area contributed by atoms with E-state index in [1.165, 1.54) is 0 Å². The van der Waals surface area contributed by atoms with Gasteiger partial charge in [-0.05, 0) is 24.3 Å². The summed E-state index contributed by atoms with van der Waals surface area (Å²) in [5, 5.41) is 0. The molecular formula is C18H15NO2. The average Bonchev–Trinajstić information content (AvgIpc) is 3.08. The topological polar surface area (TPSA) is 42.1 Å². The van der Waals surface area contributed by atoms with Gasteiger partial charge in [0.1, 0.15) is 5.75 Å². The number of ether oxygens (including phenoxy) is 1. The molecular weight excluding hydrogens is 262 g/mol. The molecule has 21 heavy (non-hydrogen) atoms. The van der Waals surface area contributed by atoms with Crippen molar-refractivity contribution < 1.29 is 9.53 Å². The van der Waals surface area contributed by atoms with Crippen molar-refractivity contribution in [2.75, 3.05) is 0 Å². The normalized spacial score (nSPS) is 11.8. The van der Waals surface area contributed by atoms with Gasteiger partial charge in [-0.2, -0.15) is 0 Å². The minimum Gasteiger partial charge on any atom is -0.476 e. The highest BCUT2D eigenvalue weighted by Gasteiger charge is 2.24. The van der Waals surface area contributed by atoms with Crippen molar-refractivity contribution in [1.82, 2.24) is 4.98 Å². The van der Waals surface area contributed by atoms with Crippen LogP contribution in [0.1, 0.15) is 22.2 Å². The molecule has 1 atom stereocenters. The molecule has 0 saturated heterocycles. The maximum atomic E-state index is 12.7. The van der Waals surface area contributed by atoms with E-state index in [9.17, 15) is 4.79 Å². The predicted octanol–water partition coefficient (Wildman–Crippen LogP) is 4.02. The van der Waals surface area contributed by atoms with Crippen molar-refractivity contribution in [1.29, 1.82) is 0 Å². The summed E-state index contributed by atoms with van der Waals surface area (Å²) in [6, 6.07) is 22.3. The summed E-state index contributed by atoms with van der Waals surface area (Å²) in [4.78, 5) is 15.8. The van der Waals surface area contributed by atoms with Crippen LogP contribution in [0, 0.1) is 0 Å². The molecule has 1 unspecified atom stereocenters. The number of H-pyrrole nitrogens is 1. The van der Waals surface area contributed by atoms with Crippen molar-refractivity contribution in [3.05, 3.63) is 90.3 Å². The van der Waals surface area contributed by atoms with Gasteiger partial charge in [0.25, 0.3) is 0 Å². The first kappa shape index (κ1) is 13.2. The molecule has 0 amide bonds. The summed E-state index contributed by atoms with van der Waals surface area (Å²) >= 11 is 0. The van der Waals surface area contributed by atoms with Gasteiger partial charge in [0.2, 0.25) is 11.9 Å². The van der Waals surface area contributed by atoms with Gasteiger partial charge in [-0.1, -0.05) is 48.5 Å². The lowest BCUT2D eigenvalue weighted by atomic mass is 10.0. The van der Waals surface area contributed by atoms with Crippen molar-refractivity contribution in [3.8, 4) is 5.75 Å². The second-order valence-electron chi connectivity index (χ2n) is 4.67. The monoisotopic (exact) mass is 277 g/mol. The van der Waals surface area contributed by atoms with Gasteiger partial charge in [0, 0.05) is 11.8 Å². The fourth-order valence-electron chi connectivity index (χ4n) is 2.15. The van der Waals surface area contributed by atoms with E-state index < -0.39 is 6.10 Å². The van der Waals surface area contributed by atoms with E-state index in [4.69, 9.17) is 4.74 Å². The summed E-state index contributed by atoms with van der Waals surface area (Å²) in [5.41, 5.74) is 1.38. The fourth-order valence-corrected chi connectivity index (χ4v) is 2.15. The minimum atomic E-state index is -0.676. The number of carbonyl (C=O) groups excluding carboxylic acids is 1. The number of rotatable bonds is 5. The summed E-state index contributed by atoms with van der Waals surface area (Å²) < 4.78 is 5.89. The number of aromatic amines is 1. The zero-order valence-corrected chi connectivity index (χ0v) is 11.4. The Morgan fingerprint density at radius 1 is 0.857 bits per heavy atom. The first-order valence-corrected chi connectivity index (χ1v) is 6.79. The van der Waals surface area contributed by atoms with Gasteiger partial charge in [-0.15, -0.1) is 0 Å². The summed E-state index contributed by atoms with van der Waals surface area (Å²) in [5.74, 6) is 0.600. The lowest BCUT2D eigenvalue weighted by Gasteiger charge is -2.17. The standard InChI is InChI=1S/C18H15NO2/c20-17(14-8-3-1-4-9-14)18(16-12-7-13-19-16)21-15-10-5-2-6-11-15/h1-13,18-19H. The van der Waals surface area contributed by atoms with Crippen LogP contribution in [-0.2, 0) is 0 Å². The van der Waals surface area contributed by atoms with E-state index in [0.29, 0.717) is 11.3 Å². The highest BCUT2D eigenvalue weighted by atomic mass is 16.5. The molecule has 3 nitrogen and oxygen atoms in total. The maximum Gasteiger partial charge on any atom is 0.209 e. The highest BCUT2D eigenvalue weighted by molar-refractivity contribution is 6.00. The molecule has 0 bridgehead atoms. The number of benzene rings is 2. The van der Waals surface area contributed by atoms with Crippen molar-refractivity contribution in [3.63, 3.8) is 0 Å². The van der Waals surface area contributed by atoms with Crippen LogP contribution in [-0.4, -0.2) is 10.8 Å². The Bertz CT molecular complexity index is 691. The molecule has 0 radical (unpaired) electrons. The maximum absolute atomic E-state index is 12.7. The molecule has 2 aromatic carbocycles. The molecule has 1 heterocycles. The van der Waals surface area contributed by atoms with Crippen LogP contribution >= 0.6 is 0 Å². The number of hydrogen-bond acceptors (Lipinski definition) is 2. The second-order valence-corrected chi connectivity index (χ2v) is 4.67. The van der Waals surface area contributed by atoms with E-state index in [1.54, 1.807) is 18.3 Å². The number of nitrogens with one attached hydrogen (secondary N) is 1. The van der Waals surface area contributed by atoms with Crippen LogP contribution in [0.4, 0.5) is 0 Å². The molecule has 1 aromatic heterocycles. The molecule has 0 aliphatic carbocycles. The molecule has 3 rings (SSSR count). The van der Waals surface area contributed by atoms with E-state index >= 15 is 0 Å². The van der Waals surface area contributed by atoms with E-state index in [0.717, 1.165) is 5.69 Å². The molecule has 104 valence electrons. The van der Waals surface area contributed by atoms with Crippen LogP contribution in [0.2, 0.25) is 0 Å². The van der Waals surface area contributed by atoms with Gasteiger partial charge < -0.3 is 9.72 Å². The number of para-hydroxylation sites is 1. The van der Waals surface area contributed by atoms with Crippen LogP contribution in [0.3, 0.4) is 0 Å². The quantitative estimate of drug-likeness (QED) is 0.716. The zero-order valence-electron chi connectivity index (χ0n) is 11.4. The number of hydrogen-bond donors (Lipinski definition) is 1. The third-order valence-corrected chi connectivity index (χ3v) is 3.20. The van der Waals surface area contributed by atoms with Crippen molar-refractivity contribution in [2.45, 2.75) is 6.10 Å². The van der Waals surface area contributed by atoms with Gasteiger partial charge in [0.15, 0.2) is 0 Å². The lowest BCUT2D eigenvalue weighted by Crippen LogP contribution is -2.19. The Balaban J connectivity index is 1.92. The van der Waals surface area contributed by atoms with Gasteiger partial charge in [-0.25, -0.2) is 0 Å². The largest absolute Gasteiger partial charge is 0.476 e. The van der Waals surface area contributed by atoms with Gasteiger partial charge in [-0.3, -0.25) is 4.79 Å². The molecule has 3 aromatic rings. The van der Waals surface area contributed by atoms with E-state index in [2.05, 4.69) is 4.98 Å². The minimum absolute atomic E-state index is 0.0677. The van der Waals surface area contributed by atoms with E-state index in [1.807, 2.05) is 60.7 Å². The Morgan fingerprint density at radius 3 is 2.14 bits per heavy atom. The summed E-state index contributed by atoms with van der Waals surface area (Å²) in [6.45, 7) is 0. The number of ketones is 1. The van der Waals surface area contributed by atoms with Gasteiger partial charge in [0.05, 0.1) is 5.69 Å². The molecule has 1 N–H and O–H groups in total. The van der Waals surface area contributed by atoms with Crippen LogP contribution in [0.25, 0.3) is 0 Å². The van der Waals surface area contributed by atoms with Crippen LogP contribution in [0.15, 0.2) is 79.0 Å². The lowest BCUT2D eigenvalue weighted by molar-refractivity contribution is 0.0787. The third kappa shape index (κ3) is 3.03. The Hall–Kier alpha value is -2.81. The van der Waals surface area contributed by atoms with Gasteiger partial charge >= 0.3 is 0 Å². The molecule has 3 heteroatoms. The highest BCUT2D eigenvalue weighted by Crippen LogP contribution is 2.24. The molecule has 0 saturated carbocycles. The van der Waals surface area contributed by atoms with Crippen molar-refractivity contribution in [2.24, 2.45) is 0 Å². The Morgan fingerprint density at radius 2 is 1.52 bits per heavy atom. The Kier molecular flexibility index (Phi) is 3.83. The zero-order chi connectivity index (χ0) is 14.5. The van der Waals surface area contributed by atoms with Crippen molar-refractivity contribution >= 4 is 5.78 Å². The van der Waals surface area contributed by atoms with Crippen LogP contribution in [0.5, 0.6) is 5.75 Å². The third-order valence-electron chi connectivity index (χ3n) is 3.20. The summed E-state index contributed by atoms with van der Waals surface area (Å²) in [7, 11) is 0. The molecule has 0 aliphatic heterocycles. The van der Waals surface area contributed by atoms with Crippen LogP contribution < -0.4 is 4.74 Å².